The molecule has 0 aromatic carbocycles. The summed E-state index contributed by atoms with van der Waals surface area (Å²) < 4.78 is 11.5. The van der Waals surface area contributed by atoms with Crippen LogP contribution in [0.3, 0.4) is 0 Å². The van der Waals surface area contributed by atoms with Crippen LogP contribution in [-0.2, 0) is 0 Å². The first kappa shape index (κ1) is 23.2. The van der Waals surface area contributed by atoms with Gasteiger partial charge in [-0.25, -0.2) is 0 Å². The summed E-state index contributed by atoms with van der Waals surface area (Å²) in [5.41, 5.74) is 0. The molecule has 0 atom stereocenters. The minimum absolute atomic E-state index is 0. The third-order valence-corrected chi connectivity index (χ3v) is 9.18. The van der Waals surface area contributed by atoms with Crippen molar-refractivity contribution in [1.29, 1.82) is 0 Å². The van der Waals surface area contributed by atoms with Gasteiger partial charge in [0.05, 0.1) is 0 Å². The highest BCUT2D eigenvalue weighted by Crippen LogP contribution is 2.53. The number of amides is 1. The standard InChI is InChI=1S/C23H35N3O3S.ClH/c1-24-7-8-28-23-21(30-18-5-3-2-4-6-18)20(29-26-23)22(27)25-19-16-10-14-9-15(12-16)13-17(19)11-14;/h14-19,24H,2-13H2,1H3,(H,25,27);1H. The Hall–Kier alpha value is -0.920. The second kappa shape index (κ2) is 10.3. The van der Waals surface area contributed by atoms with Crippen LogP contribution < -0.4 is 15.4 Å². The van der Waals surface area contributed by atoms with Crippen molar-refractivity contribution in [1.82, 2.24) is 15.8 Å². The molecule has 1 amide bonds. The Bertz CT molecular complexity index is 724. The van der Waals surface area contributed by atoms with Gasteiger partial charge in [0.2, 0.25) is 5.76 Å². The van der Waals surface area contributed by atoms with Gasteiger partial charge in [-0.2, -0.15) is 0 Å². The Kier molecular flexibility index (Phi) is 7.76. The van der Waals surface area contributed by atoms with Crippen molar-refractivity contribution in [3.05, 3.63) is 5.76 Å². The zero-order chi connectivity index (χ0) is 20.5. The van der Waals surface area contributed by atoms with Gasteiger partial charge in [0.1, 0.15) is 11.5 Å². The fraction of sp³-hybridized carbons (Fsp3) is 0.826. The molecular weight excluding hydrogens is 434 g/mol. The zero-order valence-electron chi connectivity index (χ0n) is 18.4. The monoisotopic (exact) mass is 469 g/mol. The van der Waals surface area contributed by atoms with Crippen molar-refractivity contribution in [3.8, 4) is 5.88 Å². The lowest BCUT2D eigenvalue weighted by atomic mass is 9.54. The first-order chi connectivity index (χ1) is 14.7. The van der Waals surface area contributed by atoms with Crippen LogP contribution in [-0.4, -0.2) is 42.6 Å². The lowest BCUT2D eigenvalue weighted by Crippen LogP contribution is -2.55. The van der Waals surface area contributed by atoms with E-state index >= 15 is 0 Å². The van der Waals surface area contributed by atoms with Gasteiger partial charge < -0.3 is 19.9 Å². The number of carbonyl (C=O) groups excluding carboxylic acids is 1. The average Bonchev–Trinajstić information content (AvgIpc) is 3.13. The van der Waals surface area contributed by atoms with Crippen LogP contribution in [0.25, 0.3) is 0 Å². The highest BCUT2D eigenvalue weighted by atomic mass is 35.5. The predicted octanol–water partition coefficient (Wildman–Crippen LogP) is 4.67. The minimum Gasteiger partial charge on any atom is -0.473 e. The number of nitrogens with one attached hydrogen (secondary N) is 2. The molecule has 5 fully saturated rings. The maximum Gasteiger partial charge on any atom is 0.291 e. The van der Waals surface area contributed by atoms with E-state index in [9.17, 15) is 4.79 Å². The number of thioether (sulfide) groups is 1. The van der Waals surface area contributed by atoms with Crippen LogP contribution >= 0.6 is 24.2 Å². The molecule has 31 heavy (non-hydrogen) atoms. The van der Waals surface area contributed by atoms with E-state index in [1.165, 1.54) is 64.2 Å². The molecule has 5 aliphatic carbocycles. The van der Waals surface area contributed by atoms with E-state index in [0.29, 0.717) is 41.4 Å². The summed E-state index contributed by atoms with van der Waals surface area (Å²) in [5.74, 6) is 3.84. The van der Waals surface area contributed by atoms with Gasteiger partial charge in [-0.1, -0.05) is 19.3 Å². The lowest BCUT2D eigenvalue weighted by molar-refractivity contribution is -0.0124. The summed E-state index contributed by atoms with van der Waals surface area (Å²) in [4.78, 5) is 14.1. The quantitative estimate of drug-likeness (QED) is 0.538. The normalized spacial score (nSPS) is 32.0. The molecule has 1 heterocycles. The second-order valence-electron chi connectivity index (χ2n) is 9.91. The number of likely N-dealkylation sites (N-methyl/N-ethyl adjacent to an activating group) is 1. The van der Waals surface area contributed by atoms with Gasteiger partial charge in [-0.3, -0.25) is 4.79 Å². The molecule has 2 N–H and O–H groups in total. The first-order valence-corrected chi connectivity index (χ1v) is 12.8. The van der Waals surface area contributed by atoms with Crippen molar-refractivity contribution in [2.75, 3.05) is 20.2 Å². The molecule has 5 saturated carbocycles. The molecular formula is C23H36ClN3O3S. The highest BCUT2D eigenvalue weighted by molar-refractivity contribution is 8.00. The lowest BCUT2D eigenvalue weighted by Gasteiger charge is -2.54. The average molecular weight is 470 g/mol. The molecule has 0 aliphatic heterocycles. The summed E-state index contributed by atoms with van der Waals surface area (Å²) in [5, 5.41) is 11.1. The van der Waals surface area contributed by atoms with Gasteiger partial charge in [0, 0.05) is 17.8 Å². The summed E-state index contributed by atoms with van der Waals surface area (Å²) >= 11 is 1.74. The Labute approximate surface area is 195 Å². The van der Waals surface area contributed by atoms with E-state index in [1.807, 2.05) is 7.05 Å². The molecule has 0 spiro atoms. The largest absolute Gasteiger partial charge is 0.473 e. The number of ether oxygens (including phenoxy) is 1. The molecule has 1 aromatic rings. The fourth-order valence-electron chi connectivity index (χ4n) is 6.58. The van der Waals surface area contributed by atoms with Gasteiger partial charge in [-0.15, -0.1) is 24.2 Å². The number of hydrogen-bond donors (Lipinski definition) is 2. The molecule has 6 rings (SSSR count). The summed E-state index contributed by atoms with van der Waals surface area (Å²) in [6.45, 7) is 1.24. The van der Waals surface area contributed by atoms with E-state index in [0.717, 1.165) is 23.3 Å². The Balaban J connectivity index is 0.00000231. The number of rotatable bonds is 8. The molecule has 0 saturated heterocycles. The van der Waals surface area contributed by atoms with Crippen LogP contribution in [0.5, 0.6) is 5.88 Å². The molecule has 6 nitrogen and oxygen atoms in total. The Morgan fingerprint density at radius 1 is 1.10 bits per heavy atom. The van der Waals surface area contributed by atoms with Gasteiger partial charge >= 0.3 is 0 Å². The van der Waals surface area contributed by atoms with E-state index < -0.39 is 0 Å². The number of halogens is 1. The van der Waals surface area contributed by atoms with Crippen LogP contribution in [0.15, 0.2) is 9.42 Å². The summed E-state index contributed by atoms with van der Waals surface area (Å²) in [6, 6.07) is 0.302. The molecule has 4 bridgehead atoms. The minimum atomic E-state index is -0.0956. The molecule has 1 aromatic heterocycles. The molecule has 8 heteroatoms. The van der Waals surface area contributed by atoms with E-state index in [1.54, 1.807) is 11.8 Å². The van der Waals surface area contributed by atoms with Crippen molar-refractivity contribution < 1.29 is 14.1 Å². The van der Waals surface area contributed by atoms with Crippen LogP contribution in [0, 0.1) is 23.7 Å². The van der Waals surface area contributed by atoms with Crippen molar-refractivity contribution in [3.63, 3.8) is 0 Å². The highest BCUT2D eigenvalue weighted by Gasteiger charge is 2.49. The first-order valence-electron chi connectivity index (χ1n) is 12.0. The maximum absolute atomic E-state index is 13.3. The molecule has 0 radical (unpaired) electrons. The third kappa shape index (κ3) is 5.03. The number of carbonyl (C=O) groups is 1. The predicted molar refractivity (Wildman–Crippen MR) is 124 cm³/mol. The third-order valence-electron chi connectivity index (χ3n) is 7.78. The number of hydrogen-bond acceptors (Lipinski definition) is 6. The van der Waals surface area contributed by atoms with Gasteiger partial charge in [-0.05, 0) is 80.8 Å². The maximum atomic E-state index is 13.3. The SMILES string of the molecule is CNCCOc1noc(C(=O)NC2C3CC4CC(C3)CC2C4)c1SC1CCCCC1.Cl. The van der Waals surface area contributed by atoms with Gasteiger partial charge in [0.15, 0.2) is 0 Å². The van der Waals surface area contributed by atoms with E-state index in [-0.39, 0.29) is 18.3 Å². The molecule has 174 valence electrons. The van der Waals surface area contributed by atoms with Crippen LogP contribution in [0.4, 0.5) is 0 Å². The van der Waals surface area contributed by atoms with Gasteiger partial charge in [0.25, 0.3) is 11.8 Å². The van der Waals surface area contributed by atoms with E-state index in [4.69, 9.17) is 9.26 Å². The van der Waals surface area contributed by atoms with Crippen LogP contribution in [0.1, 0.15) is 74.8 Å². The Morgan fingerprint density at radius 3 is 2.42 bits per heavy atom. The van der Waals surface area contributed by atoms with E-state index in [2.05, 4.69) is 15.8 Å². The van der Waals surface area contributed by atoms with Crippen molar-refractivity contribution in [2.45, 2.75) is 80.4 Å². The van der Waals surface area contributed by atoms with Crippen molar-refractivity contribution in [2.24, 2.45) is 23.7 Å². The fourth-order valence-corrected chi connectivity index (χ4v) is 7.92. The summed E-state index contributed by atoms with van der Waals surface area (Å²) in [6.07, 6.45) is 12.8. The molecule has 0 unspecified atom stereocenters. The Morgan fingerprint density at radius 2 is 1.77 bits per heavy atom. The van der Waals surface area contributed by atoms with Crippen LogP contribution in [0.2, 0.25) is 0 Å². The summed E-state index contributed by atoms with van der Waals surface area (Å²) in [7, 11) is 1.90. The van der Waals surface area contributed by atoms with Crippen molar-refractivity contribution >= 4 is 30.1 Å². The number of aromatic nitrogens is 1. The smallest absolute Gasteiger partial charge is 0.291 e. The second-order valence-corrected chi connectivity index (χ2v) is 11.2. The molecule has 5 aliphatic rings. The topological polar surface area (TPSA) is 76.4 Å². The zero-order valence-corrected chi connectivity index (χ0v) is 20.1. The number of nitrogens with zero attached hydrogens (tertiary/aromatic N) is 1.